The van der Waals surface area contributed by atoms with E-state index >= 15 is 0 Å². The van der Waals surface area contributed by atoms with Gasteiger partial charge in [-0.15, -0.1) is 11.3 Å². The molecular weight excluding hydrogens is 194 g/mol. The Morgan fingerprint density at radius 3 is 2.79 bits per heavy atom. The molecule has 14 heavy (non-hydrogen) atoms. The maximum Gasteiger partial charge on any atom is 0.185 e. The molecule has 0 saturated carbocycles. The highest BCUT2D eigenvalue weighted by Gasteiger charge is 2.29. The van der Waals surface area contributed by atoms with Gasteiger partial charge in [0.25, 0.3) is 0 Å². The topological polar surface area (TPSA) is 42.1 Å². The lowest BCUT2D eigenvalue weighted by Crippen LogP contribution is -2.42. The fraction of sp³-hybridized carbons (Fsp3) is 0.700. The highest BCUT2D eigenvalue weighted by molar-refractivity contribution is 7.13. The Labute approximate surface area is 88.9 Å². The summed E-state index contributed by atoms with van der Waals surface area (Å²) in [7, 11) is 0. The monoisotopic (exact) mass is 211 g/mol. The molecule has 0 aromatic carbocycles. The molecule has 2 heterocycles. The lowest BCUT2D eigenvalue weighted by atomic mass is 9.81. The van der Waals surface area contributed by atoms with Crippen LogP contribution in [0.1, 0.15) is 19.8 Å². The van der Waals surface area contributed by atoms with Crippen LogP contribution < -0.4 is 10.6 Å². The van der Waals surface area contributed by atoms with Gasteiger partial charge in [0, 0.05) is 24.7 Å². The van der Waals surface area contributed by atoms with E-state index in [1.807, 2.05) is 11.6 Å². The first-order valence-electron chi connectivity index (χ1n) is 5.08. The molecule has 0 atom stereocenters. The van der Waals surface area contributed by atoms with Crippen LogP contribution in [0.15, 0.2) is 11.6 Å². The molecule has 1 aliphatic heterocycles. The fourth-order valence-electron chi connectivity index (χ4n) is 1.81. The van der Waals surface area contributed by atoms with E-state index in [9.17, 15) is 0 Å². The Balaban J connectivity index is 1.97. The summed E-state index contributed by atoms with van der Waals surface area (Å²) in [5, 5.41) is 3.19. The second-order valence-corrected chi connectivity index (χ2v) is 5.19. The molecule has 78 valence electrons. The van der Waals surface area contributed by atoms with Crippen molar-refractivity contribution in [3.8, 4) is 0 Å². The molecule has 1 aliphatic rings. The molecule has 4 heteroatoms. The van der Waals surface area contributed by atoms with Gasteiger partial charge in [-0.25, -0.2) is 4.98 Å². The van der Waals surface area contributed by atoms with Crippen molar-refractivity contribution in [2.24, 2.45) is 11.1 Å². The van der Waals surface area contributed by atoms with Gasteiger partial charge in [-0.3, -0.25) is 0 Å². The van der Waals surface area contributed by atoms with Crippen LogP contribution in [-0.2, 0) is 0 Å². The van der Waals surface area contributed by atoms with Crippen molar-refractivity contribution in [2.75, 3.05) is 24.5 Å². The van der Waals surface area contributed by atoms with Crippen LogP contribution in [0.3, 0.4) is 0 Å². The minimum Gasteiger partial charge on any atom is -0.348 e. The van der Waals surface area contributed by atoms with Gasteiger partial charge in [0.05, 0.1) is 0 Å². The molecule has 0 amide bonds. The zero-order valence-electron chi connectivity index (χ0n) is 8.57. The molecule has 2 rings (SSSR count). The van der Waals surface area contributed by atoms with Gasteiger partial charge in [0.2, 0.25) is 0 Å². The predicted molar refractivity (Wildman–Crippen MR) is 60.7 cm³/mol. The Morgan fingerprint density at radius 2 is 2.29 bits per heavy atom. The number of hydrogen-bond donors (Lipinski definition) is 1. The van der Waals surface area contributed by atoms with E-state index in [0.29, 0.717) is 5.41 Å². The number of aromatic nitrogens is 1. The van der Waals surface area contributed by atoms with Gasteiger partial charge in [-0.05, 0) is 24.8 Å². The van der Waals surface area contributed by atoms with E-state index in [-0.39, 0.29) is 0 Å². The zero-order valence-corrected chi connectivity index (χ0v) is 9.39. The first-order chi connectivity index (χ1) is 6.73. The normalized spacial score (nSPS) is 21.1. The van der Waals surface area contributed by atoms with Crippen LogP contribution in [-0.4, -0.2) is 24.6 Å². The Morgan fingerprint density at radius 1 is 1.57 bits per heavy atom. The van der Waals surface area contributed by atoms with Crippen molar-refractivity contribution in [3.05, 3.63) is 11.6 Å². The largest absolute Gasteiger partial charge is 0.348 e. The summed E-state index contributed by atoms with van der Waals surface area (Å²) in [6.45, 7) is 5.29. The van der Waals surface area contributed by atoms with Gasteiger partial charge < -0.3 is 10.6 Å². The maximum absolute atomic E-state index is 5.77. The molecule has 0 aliphatic carbocycles. The van der Waals surface area contributed by atoms with E-state index in [0.717, 1.165) is 24.8 Å². The third-order valence-electron chi connectivity index (χ3n) is 3.15. The average Bonchev–Trinajstić information content (AvgIpc) is 2.72. The first-order valence-corrected chi connectivity index (χ1v) is 5.96. The highest BCUT2D eigenvalue weighted by Crippen LogP contribution is 2.32. The minimum absolute atomic E-state index is 0.355. The first kappa shape index (κ1) is 9.93. The molecule has 0 radical (unpaired) electrons. The van der Waals surface area contributed by atoms with Gasteiger partial charge in [-0.2, -0.15) is 0 Å². The molecule has 0 spiro atoms. The second kappa shape index (κ2) is 3.87. The number of nitrogens with zero attached hydrogens (tertiary/aromatic N) is 2. The second-order valence-electron chi connectivity index (χ2n) is 4.32. The molecule has 0 unspecified atom stereocenters. The van der Waals surface area contributed by atoms with Crippen molar-refractivity contribution < 1.29 is 0 Å². The summed E-state index contributed by atoms with van der Waals surface area (Å²) in [4.78, 5) is 6.69. The van der Waals surface area contributed by atoms with Gasteiger partial charge >= 0.3 is 0 Å². The third kappa shape index (κ3) is 1.91. The molecule has 3 nitrogen and oxygen atoms in total. The van der Waals surface area contributed by atoms with Crippen molar-refractivity contribution in [1.29, 1.82) is 0 Å². The van der Waals surface area contributed by atoms with Crippen molar-refractivity contribution in [2.45, 2.75) is 19.8 Å². The number of piperidine rings is 1. The van der Waals surface area contributed by atoms with Crippen molar-refractivity contribution in [1.82, 2.24) is 4.98 Å². The van der Waals surface area contributed by atoms with E-state index in [4.69, 9.17) is 5.73 Å². The Kier molecular flexibility index (Phi) is 2.74. The SMILES string of the molecule is CC1(CN)CCN(c2nccs2)CC1. The number of thiazole rings is 1. The van der Waals surface area contributed by atoms with E-state index in [2.05, 4.69) is 16.8 Å². The van der Waals surface area contributed by atoms with E-state index in [1.54, 1.807) is 11.3 Å². The van der Waals surface area contributed by atoms with Crippen LogP contribution in [0.5, 0.6) is 0 Å². The summed E-state index contributed by atoms with van der Waals surface area (Å²) in [5.41, 5.74) is 6.13. The van der Waals surface area contributed by atoms with Crippen LogP contribution in [0, 0.1) is 5.41 Å². The standard InChI is InChI=1S/C10H17N3S/c1-10(8-11)2-5-13(6-3-10)9-12-4-7-14-9/h4,7H,2-3,5-6,8,11H2,1H3. The summed E-state index contributed by atoms with van der Waals surface area (Å²) >= 11 is 1.72. The van der Waals surface area contributed by atoms with Gasteiger partial charge in [0.1, 0.15) is 0 Å². The zero-order chi connectivity index (χ0) is 10.0. The van der Waals surface area contributed by atoms with E-state index < -0.39 is 0 Å². The van der Waals surface area contributed by atoms with Crippen LogP contribution in [0.2, 0.25) is 0 Å². The fourth-order valence-corrected chi connectivity index (χ4v) is 2.51. The lowest BCUT2D eigenvalue weighted by Gasteiger charge is -2.38. The molecule has 2 N–H and O–H groups in total. The maximum atomic E-state index is 5.77. The average molecular weight is 211 g/mol. The van der Waals surface area contributed by atoms with Crippen molar-refractivity contribution >= 4 is 16.5 Å². The molecule has 1 fully saturated rings. The lowest BCUT2D eigenvalue weighted by molar-refractivity contribution is 0.258. The highest BCUT2D eigenvalue weighted by atomic mass is 32.1. The smallest absolute Gasteiger partial charge is 0.185 e. The summed E-state index contributed by atoms with van der Waals surface area (Å²) in [6, 6.07) is 0. The minimum atomic E-state index is 0.355. The van der Waals surface area contributed by atoms with Crippen molar-refractivity contribution in [3.63, 3.8) is 0 Å². The molecule has 1 aromatic heterocycles. The van der Waals surface area contributed by atoms with Crippen LogP contribution >= 0.6 is 11.3 Å². The summed E-state index contributed by atoms with van der Waals surface area (Å²) < 4.78 is 0. The Bertz CT molecular complexity index is 276. The quantitative estimate of drug-likeness (QED) is 0.809. The summed E-state index contributed by atoms with van der Waals surface area (Å²) in [6.07, 6.45) is 4.24. The number of rotatable bonds is 2. The number of nitrogens with two attached hydrogens (primary N) is 1. The predicted octanol–water partition coefficient (Wildman–Crippen LogP) is 1.71. The Hall–Kier alpha value is -0.610. The number of hydrogen-bond acceptors (Lipinski definition) is 4. The van der Waals surface area contributed by atoms with Crippen LogP contribution in [0.4, 0.5) is 5.13 Å². The van der Waals surface area contributed by atoms with Crippen LogP contribution in [0.25, 0.3) is 0 Å². The molecule has 1 saturated heterocycles. The van der Waals surface area contributed by atoms with E-state index in [1.165, 1.54) is 12.8 Å². The van der Waals surface area contributed by atoms with Gasteiger partial charge in [0.15, 0.2) is 5.13 Å². The summed E-state index contributed by atoms with van der Waals surface area (Å²) in [5.74, 6) is 0. The van der Waals surface area contributed by atoms with Gasteiger partial charge in [-0.1, -0.05) is 6.92 Å². The number of anilines is 1. The molecule has 0 bridgehead atoms. The molecule has 1 aromatic rings. The third-order valence-corrected chi connectivity index (χ3v) is 3.99. The molecular formula is C10H17N3S.